The number of amides is 1. The lowest BCUT2D eigenvalue weighted by Gasteiger charge is -1.82. The van der Waals surface area contributed by atoms with Crippen molar-refractivity contribution < 1.29 is 4.79 Å². The van der Waals surface area contributed by atoms with Gasteiger partial charge in [-0.2, -0.15) is 0 Å². The maximum Gasteiger partial charge on any atom is 0.243 e. The zero-order valence-electron chi connectivity index (χ0n) is 7.53. The highest BCUT2D eigenvalue weighted by atomic mass is 16.1. The third-order valence-corrected chi connectivity index (χ3v) is 1.11. The average Bonchev–Trinajstić information content (AvgIpc) is 2.06. The van der Waals surface area contributed by atoms with E-state index >= 15 is 0 Å². The molecule has 1 heterocycles. The SMILES string of the molecule is C=C(C)C(N)=O.Nc1ccccn1. The van der Waals surface area contributed by atoms with Crippen LogP contribution in [0.2, 0.25) is 0 Å². The molecular weight excluding hydrogens is 166 g/mol. The Bertz CT molecular complexity index is 270. The third kappa shape index (κ3) is 6.55. The summed E-state index contributed by atoms with van der Waals surface area (Å²) in [5, 5.41) is 0. The Labute approximate surface area is 77.3 Å². The first-order valence-corrected chi connectivity index (χ1v) is 3.66. The monoisotopic (exact) mass is 179 g/mol. The number of primary amides is 1. The molecule has 0 aliphatic carbocycles. The Morgan fingerprint density at radius 2 is 2.08 bits per heavy atom. The summed E-state index contributed by atoms with van der Waals surface area (Å²) in [5.41, 5.74) is 10.3. The van der Waals surface area contributed by atoms with Crippen LogP contribution in [0, 0.1) is 0 Å². The molecule has 1 aromatic heterocycles. The maximum atomic E-state index is 9.82. The molecule has 1 amide bonds. The second-order valence-corrected chi connectivity index (χ2v) is 2.40. The van der Waals surface area contributed by atoms with E-state index in [0.29, 0.717) is 11.4 Å². The van der Waals surface area contributed by atoms with E-state index in [-0.39, 0.29) is 0 Å². The van der Waals surface area contributed by atoms with Gasteiger partial charge in [-0.25, -0.2) is 4.98 Å². The molecule has 0 saturated heterocycles. The molecule has 0 atom stereocenters. The largest absolute Gasteiger partial charge is 0.384 e. The van der Waals surface area contributed by atoms with Crippen LogP contribution in [-0.4, -0.2) is 10.9 Å². The summed E-state index contributed by atoms with van der Waals surface area (Å²) >= 11 is 0. The molecule has 0 spiro atoms. The molecule has 4 nitrogen and oxygen atoms in total. The van der Waals surface area contributed by atoms with E-state index in [1.807, 2.05) is 12.1 Å². The highest BCUT2D eigenvalue weighted by Gasteiger charge is 1.86. The number of carbonyl (C=O) groups excluding carboxylic acids is 1. The van der Waals surface area contributed by atoms with Gasteiger partial charge in [0.15, 0.2) is 0 Å². The Hall–Kier alpha value is -1.84. The zero-order chi connectivity index (χ0) is 10.3. The fourth-order valence-corrected chi connectivity index (χ4v) is 0.376. The molecule has 0 unspecified atom stereocenters. The number of aromatic nitrogens is 1. The van der Waals surface area contributed by atoms with Gasteiger partial charge in [-0.15, -0.1) is 0 Å². The minimum absolute atomic E-state index is 0.398. The van der Waals surface area contributed by atoms with E-state index in [2.05, 4.69) is 11.6 Å². The van der Waals surface area contributed by atoms with Gasteiger partial charge in [0.2, 0.25) is 5.91 Å². The van der Waals surface area contributed by atoms with Gasteiger partial charge >= 0.3 is 0 Å². The minimum atomic E-state index is -0.435. The Kier molecular flexibility index (Phi) is 4.95. The van der Waals surface area contributed by atoms with Gasteiger partial charge in [0.1, 0.15) is 5.82 Å². The molecule has 0 aliphatic rings. The van der Waals surface area contributed by atoms with Gasteiger partial charge in [-0.05, 0) is 19.1 Å². The van der Waals surface area contributed by atoms with Gasteiger partial charge in [0.25, 0.3) is 0 Å². The van der Waals surface area contributed by atoms with E-state index in [4.69, 9.17) is 11.5 Å². The molecule has 1 rings (SSSR count). The normalized spacial score (nSPS) is 8.08. The summed E-state index contributed by atoms with van der Waals surface area (Å²) in [6, 6.07) is 5.43. The highest BCUT2D eigenvalue weighted by Crippen LogP contribution is 1.89. The van der Waals surface area contributed by atoms with Crippen LogP contribution in [0.5, 0.6) is 0 Å². The number of hydrogen-bond acceptors (Lipinski definition) is 3. The molecule has 0 bridgehead atoms. The van der Waals surface area contributed by atoms with Crippen LogP contribution >= 0.6 is 0 Å². The maximum absolute atomic E-state index is 9.82. The van der Waals surface area contributed by atoms with Crippen LogP contribution in [0.25, 0.3) is 0 Å². The van der Waals surface area contributed by atoms with Crippen LogP contribution in [0.4, 0.5) is 5.82 Å². The standard InChI is InChI=1S/C5H6N2.C4H7NO/c6-5-3-1-2-4-7-5;1-3(2)4(5)6/h1-4H,(H2,6,7);1H2,2H3,(H2,5,6). The number of hydrogen-bond donors (Lipinski definition) is 2. The second-order valence-electron chi connectivity index (χ2n) is 2.40. The van der Waals surface area contributed by atoms with Crippen LogP contribution in [0.1, 0.15) is 6.92 Å². The molecule has 0 aliphatic heterocycles. The quantitative estimate of drug-likeness (QED) is 0.623. The summed E-state index contributed by atoms with van der Waals surface area (Å²) in [6.45, 7) is 4.85. The summed E-state index contributed by atoms with van der Waals surface area (Å²) in [5.74, 6) is 0.137. The zero-order valence-corrected chi connectivity index (χ0v) is 7.53. The fourth-order valence-electron chi connectivity index (χ4n) is 0.376. The molecule has 70 valence electrons. The van der Waals surface area contributed by atoms with Gasteiger partial charge < -0.3 is 11.5 Å². The smallest absolute Gasteiger partial charge is 0.243 e. The van der Waals surface area contributed by atoms with Crippen LogP contribution in [-0.2, 0) is 4.79 Å². The summed E-state index contributed by atoms with van der Waals surface area (Å²) in [4.78, 5) is 13.6. The number of nitrogen functional groups attached to an aromatic ring is 1. The van der Waals surface area contributed by atoms with Gasteiger partial charge in [-0.1, -0.05) is 12.6 Å². The predicted octanol–water partition coefficient (Wildman–Crippen LogP) is 0.712. The lowest BCUT2D eigenvalue weighted by molar-refractivity contribution is -0.114. The van der Waals surface area contributed by atoms with Gasteiger partial charge in [0, 0.05) is 11.8 Å². The summed E-state index contributed by atoms with van der Waals surface area (Å²) in [7, 11) is 0. The number of rotatable bonds is 1. The number of anilines is 1. The predicted molar refractivity (Wildman–Crippen MR) is 52.7 cm³/mol. The number of carbonyl (C=O) groups is 1. The number of nitrogens with zero attached hydrogens (tertiary/aromatic N) is 1. The van der Waals surface area contributed by atoms with Gasteiger partial charge in [-0.3, -0.25) is 4.79 Å². The minimum Gasteiger partial charge on any atom is -0.384 e. The van der Waals surface area contributed by atoms with Crippen molar-refractivity contribution >= 4 is 11.7 Å². The first kappa shape index (κ1) is 11.2. The second kappa shape index (κ2) is 5.77. The molecule has 4 N–H and O–H groups in total. The highest BCUT2D eigenvalue weighted by molar-refractivity contribution is 5.90. The molecule has 0 saturated carbocycles. The Morgan fingerprint density at radius 3 is 2.23 bits per heavy atom. The summed E-state index contributed by atoms with van der Waals surface area (Å²) < 4.78 is 0. The first-order chi connectivity index (χ1) is 6.04. The lowest BCUT2D eigenvalue weighted by Crippen LogP contribution is -2.10. The Balaban J connectivity index is 0.000000226. The topological polar surface area (TPSA) is 82.0 Å². The van der Waals surface area contributed by atoms with Crippen LogP contribution in [0.3, 0.4) is 0 Å². The van der Waals surface area contributed by atoms with Crippen molar-refractivity contribution in [1.29, 1.82) is 0 Å². The van der Waals surface area contributed by atoms with Crippen LogP contribution in [0.15, 0.2) is 36.5 Å². The van der Waals surface area contributed by atoms with Crippen molar-refractivity contribution in [2.45, 2.75) is 6.92 Å². The summed E-state index contributed by atoms with van der Waals surface area (Å²) in [6.07, 6.45) is 1.66. The lowest BCUT2D eigenvalue weighted by atomic mass is 10.3. The molecular formula is C9H13N3O. The van der Waals surface area contributed by atoms with E-state index in [1.165, 1.54) is 0 Å². The molecule has 1 aromatic rings. The molecule has 13 heavy (non-hydrogen) atoms. The average molecular weight is 179 g/mol. The number of nitrogens with two attached hydrogens (primary N) is 2. The van der Waals surface area contributed by atoms with Gasteiger partial charge in [0.05, 0.1) is 0 Å². The van der Waals surface area contributed by atoms with E-state index in [9.17, 15) is 4.79 Å². The molecule has 0 aromatic carbocycles. The third-order valence-electron chi connectivity index (χ3n) is 1.11. The van der Waals surface area contributed by atoms with Crippen molar-refractivity contribution in [3.8, 4) is 0 Å². The fraction of sp³-hybridized carbons (Fsp3) is 0.111. The van der Waals surface area contributed by atoms with Crippen molar-refractivity contribution in [2.24, 2.45) is 5.73 Å². The first-order valence-electron chi connectivity index (χ1n) is 3.66. The molecule has 4 heteroatoms. The Morgan fingerprint density at radius 1 is 1.54 bits per heavy atom. The van der Waals surface area contributed by atoms with Crippen molar-refractivity contribution in [3.63, 3.8) is 0 Å². The van der Waals surface area contributed by atoms with Crippen molar-refractivity contribution in [3.05, 3.63) is 36.5 Å². The number of pyridine rings is 1. The van der Waals surface area contributed by atoms with E-state index < -0.39 is 5.91 Å². The molecule has 0 fully saturated rings. The van der Waals surface area contributed by atoms with Crippen molar-refractivity contribution in [1.82, 2.24) is 4.98 Å². The molecule has 0 radical (unpaired) electrons. The van der Waals surface area contributed by atoms with E-state index in [0.717, 1.165) is 0 Å². The van der Waals surface area contributed by atoms with E-state index in [1.54, 1.807) is 19.2 Å². The van der Waals surface area contributed by atoms with Crippen LogP contribution < -0.4 is 11.5 Å². The van der Waals surface area contributed by atoms with Crippen molar-refractivity contribution in [2.75, 3.05) is 5.73 Å².